The average Bonchev–Trinajstić information content (AvgIpc) is 3.55. The third kappa shape index (κ3) is 4.12. The van der Waals surface area contributed by atoms with Crippen LogP contribution in [0.15, 0.2) is 30.3 Å². The maximum atomic E-state index is 13.1. The van der Waals surface area contributed by atoms with Crippen molar-refractivity contribution in [3.8, 4) is 0 Å². The van der Waals surface area contributed by atoms with E-state index in [1.54, 1.807) is 0 Å². The third-order valence-corrected chi connectivity index (χ3v) is 7.21. The van der Waals surface area contributed by atoms with Crippen LogP contribution >= 0.6 is 11.3 Å². The van der Waals surface area contributed by atoms with E-state index >= 15 is 0 Å². The first-order chi connectivity index (χ1) is 14.5. The molecule has 0 aliphatic heterocycles. The summed E-state index contributed by atoms with van der Waals surface area (Å²) < 4.78 is 0. The SMILES string of the molecule is CCN(CC)C(CNC(=O)c1sc2nc(C3CC3)nc(C)c2c1C)c1ccccc1. The highest BCUT2D eigenvalue weighted by molar-refractivity contribution is 7.20. The lowest BCUT2D eigenvalue weighted by Gasteiger charge is -2.30. The van der Waals surface area contributed by atoms with E-state index in [4.69, 9.17) is 9.97 Å². The van der Waals surface area contributed by atoms with Gasteiger partial charge in [-0.1, -0.05) is 44.2 Å². The summed E-state index contributed by atoms with van der Waals surface area (Å²) in [4.78, 5) is 26.7. The molecule has 1 aliphatic carbocycles. The second kappa shape index (κ2) is 8.82. The summed E-state index contributed by atoms with van der Waals surface area (Å²) in [5.41, 5.74) is 3.21. The monoisotopic (exact) mass is 422 g/mol. The quantitative estimate of drug-likeness (QED) is 0.555. The summed E-state index contributed by atoms with van der Waals surface area (Å²) in [6, 6.07) is 10.6. The van der Waals surface area contributed by atoms with Crippen molar-refractivity contribution in [2.75, 3.05) is 19.6 Å². The fourth-order valence-electron chi connectivity index (χ4n) is 4.17. The van der Waals surface area contributed by atoms with Crippen molar-refractivity contribution < 1.29 is 4.79 Å². The van der Waals surface area contributed by atoms with Crippen LogP contribution in [-0.2, 0) is 0 Å². The number of amides is 1. The van der Waals surface area contributed by atoms with Crippen LogP contribution in [0.2, 0.25) is 0 Å². The summed E-state index contributed by atoms with van der Waals surface area (Å²) in [5.74, 6) is 1.43. The molecule has 1 unspecified atom stereocenters. The van der Waals surface area contributed by atoms with Crippen LogP contribution < -0.4 is 5.32 Å². The Bertz CT molecular complexity index is 1040. The zero-order valence-electron chi connectivity index (χ0n) is 18.2. The lowest BCUT2D eigenvalue weighted by atomic mass is 10.0. The summed E-state index contributed by atoms with van der Waals surface area (Å²) in [6.45, 7) is 10.8. The number of carbonyl (C=O) groups is 1. The Balaban J connectivity index is 1.57. The number of hydrogen-bond acceptors (Lipinski definition) is 5. The van der Waals surface area contributed by atoms with Crippen molar-refractivity contribution in [3.63, 3.8) is 0 Å². The first kappa shape index (κ1) is 20.9. The van der Waals surface area contributed by atoms with E-state index in [1.807, 2.05) is 19.9 Å². The number of thiophene rings is 1. The summed E-state index contributed by atoms with van der Waals surface area (Å²) in [7, 11) is 0. The lowest BCUT2D eigenvalue weighted by molar-refractivity contribution is 0.0938. The molecular formula is C24H30N4OS. The van der Waals surface area contributed by atoms with Crippen molar-refractivity contribution in [3.05, 3.63) is 57.9 Å². The van der Waals surface area contributed by atoms with Gasteiger partial charge in [-0.15, -0.1) is 11.3 Å². The second-order valence-corrected chi connectivity index (χ2v) is 9.03. The molecule has 1 saturated carbocycles. The number of nitrogens with zero attached hydrogens (tertiary/aromatic N) is 3. The molecular weight excluding hydrogens is 392 g/mol. The molecule has 2 aromatic heterocycles. The molecule has 6 heteroatoms. The van der Waals surface area contributed by atoms with Crippen LogP contribution in [0.3, 0.4) is 0 Å². The molecule has 3 aromatic rings. The van der Waals surface area contributed by atoms with Gasteiger partial charge in [0.05, 0.1) is 16.6 Å². The van der Waals surface area contributed by atoms with Crippen molar-refractivity contribution in [2.45, 2.75) is 52.5 Å². The van der Waals surface area contributed by atoms with Gasteiger partial charge in [-0.3, -0.25) is 9.69 Å². The highest BCUT2D eigenvalue weighted by Crippen LogP contribution is 2.40. The Morgan fingerprint density at radius 3 is 2.50 bits per heavy atom. The average molecular weight is 423 g/mol. The molecule has 0 bridgehead atoms. The molecule has 1 amide bonds. The van der Waals surface area contributed by atoms with Gasteiger partial charge in [-0.25, -0.2) is 9.97 Å². The van der Waals surface area contributed by atoms with Crippen molar-refractivity contribution in [2.24, 2.45) is 0 Å². The van der Waals surface area contributed by atoms with Gasteiger partial charge in [0.1, 0.15) is 10.7 Å². The molecule has 4 rings (SSSR count). The molecule has 1 atom stereocenters. The van der Waals surface area contributed by atoms with Crippen molar-refractivity contribution >= 4 is 27.5 Å². The number of fused-ring (bicyclic) bond motifs is 1. The minimum Gasteiger partial charge on any atom is -0.349 e. The number of benzene rings is 1. The molecule has 5 nitrogen and oxygen atoms in total. The van der Waals surface area contributed by atoms with Crippen LogP contribution in [0, 0.1) is 13.8 Å². The minimum atomic E-state index is -0.0176. The Morgan fingerprint density at radius 2 is 1.87 bits per heavy atom. The molecule has 30 heavy (non-hydrogen) atoms. The summed E-state index contributed by atoms with van der Waals surface area (Å²) in [5, 5.41) is 4.24. The van der Waals surface area contributed by atoms with Crippen molar-refractivity contribution in [1.82, 2.24) is 20.2 Å². The van der Waals surface area contributed by atoms with E-state index in [0.29, 0.717) is 12.5 Å². The molecule has 0 saturated heterocycles. The smallest absolute Gasteiger partial charge is 0.261 e. The minimum absolute atomic E-state index is 0.0176. The standard InChI is InChI=1S/C24H30N4OS/c1-5-28(6-2)19(17-10-8-7-9-11-17)14-25-23(29)21-15(3)20-16(4)26-22(18-12-13-18)27-24(20)30-21/h7-11,18-19H,5-6,12-14H2,1-4H3,(H,25,29). The predicted molar refractivity (Wildman–Crippen MR) is 123 cm³/mol. The Labute approximate surface area is 182 Å². The number of hydrogen-bond donors (Lipinski definition) is 1. The van der Waals surface area contributed by atoms with E-state index in [9.17, 15) is 4.79 Å². The van der Waals surface area contributed by atoms with Gasteiger partial charge in [0.15, 0.2) is 0 Å². The van der Waals surface area contributed by atoms with E-state index in [-0.39, 0.29) is 11.9 Å². The second-order valence-electron chi connectivity index (χ2n) is 8.04. The number of aryl methyl sites for hydroxylation is 2. The first-order valence-corrected chi connectivity index (χ1v) is 11.7. The van der Waals surface area contributed by atoms with Gasteiger partial charge in [0, 0.05) is 17.8 Å². The highest BCUT2D eigenvalue weighted by Gasteiger charge is 2.29. The van der Waals surface area contributed by atoms with Gasteiger partial charge in [0.25, 0.3) is 5.91 Å². The van der Waals surface area contributed by atoms with Crippen LogP contribution in [-0.4, -0.2) is 40.4 Å². The zero-order chi connectivity index (χ0) is 21.3. The Hall–Kier alpha value is -2.31. The molecule has 1 fully saturated rings. The molecule has 158 valence electrons. The fraction of sp³-hybridized carbons (Fsp3) is 0.458. The van der Waals surface area contributed by atoms with E-state index in [2.05, 4.69) is 48.3 Å². The molecule has 0 spiro atoms. The summed E-state index contributed by atoms with van der Waals surface area (Å²) >= 11 is 1.50. The number of carbonyl (C=O) groups excluding carboxylic acids is 1. The normalized spacial score (nSPS) is 15.0. The van der Waals surface area contributed by atoms with Gasteiger partial charge in [0.2, 0.25) is 0 Å². The van der Waals surface area contributed by atoms with Gasteiger partial charge in [-0.05, 0) is 50.9 Å². The third-order valence-electron chi connectivity index (χ3n) is 6.03. The predicted octanol–water partition coefficient (Wildman–Crippen LogP) is 5.00. The maximum Gasteiger partial charge on any atom is 0.261 e. The topological polar surface area (TPSA) is 58.1 Å². The molecule has 1 N–H and O–H groups in total. The van der Waals surface area contributed by atoms with E-state index < -0.39 is 0 Å². The van der Waals surface area contributed by atoms with Gasteiger partial charge >= 0.3 is 0 Å². The number of likely N-dealkylation sites (N-methyl/N-ethyl adjacent to an activating group) is 1. The zero-order valence-corrected chi connectivity index (χ0v) is 19.1. The highest BCUT2D eigenvalue weighted by atomic mass is 32.1. The van der Waals surface area contributed by atoms with Gasteiger partial charge in [-0.2, -0.15) is 0 Å². The lowest BCUT2D eigenvalue weighted by Crippen LogP contribution is -2.38. The van der Waals surface area contributed by atoms with Crippen LogP contribution in [0.1, 0.15) is 71.0 Å². The van der Waals surface area contributed by atoms with E-state index in [1.165, 1.54) is 29.7 Å². The first-order valence-electron chi connectivity index (χ1n) is 10.9. The summed E-state index contributed by atoms with van der Waals surface area (Å²) in [6.07, 6.45) is 2.35. The van der Waals surface area contributed by atoms with Gasteiger partial charge < -0.3 is 5.32 Å². The Kier molecular flexibility index (Phi) is 6.16. The molecule has 1 aliphatic rings. The molecule has 2 heterocycles. The van der Waals surface area contributed by atoms with Crippen LogP contribution in [0.4, 0.5) is 0 Å². The number of aromatic nitrogens is 2. The number of nitrogens with one attached hydrogen (secondary N) is 1. The largest absolute Gasteiger partial charge is 0.349 e. The molecule has 1 aromatic carbocycles. The maximum absolute atomic E-state index is 13.1. The van der Waals surface area contributed by atoms with Crippen LogP contribution in [0.25, 0.3) is 10.2 Å². The van der Waals surface area contributed by atoms with Crippen LogP contribution in [0.5, 0.6) is 0 Å². The molecule has 0 radical (unpaired) electrons. The fourth-order valence-corrected chi connectivity index (χ4v) is 5.32. The number of rotatable bonds is 8. The Morgan fingerprint density at radius 1 is 1.17 bits per heavy atom. The van der Waals surface area contributed by atoms with E-state index in [0.717, 1.165) is 45.3 Å². The van der Waals surface area contributed by atoms with Crippen molar-refractivity contribution in [1.29, 1.82) is 0 Å².